The molecule has 7 heteroatoms. The molecule has 144 valence electrons. The van der Waals surface area contributed by atoms with Crippen molar-refractivity contribution in [2.75, 3.05) is 59.9 Å². The van der Waals surface area contributed by atoms with Gasteiger partial charge in [0.15, 0.2) is 0 Å². The van der Waals surface area contributed by atoms with Crippen LogP contribution in [0.4, 0.5) is 0 Å². The Morgan fingerprint density at radius 2 is 2.00 bits per heavy atom. The molecule has 3 rings (SSSR count). The predicted octanol–water partition coefficient (Wildman–Crippen LogP) is 1.45. The smallest absolute Gasteiger partial charge is 0.264 e. The molecule has 0 saturated carbocycles. The Kier molecular flexibility index (Phi) is 6.67. The lowest BCUT2D eigenvalue weighted by molar-refractivity contribution is -0.134. The molecule has 2 fully saturated rings. The van der Waals surface area contributed by atoms with Crippen molar-refractivity contribution in [2.45, 2.75) is 25.3 Å². The summed E-state index contributed by atoms with van der Waals surface area (Å²) in [6.07, 6.45) is 2.67. The molecule has 3 heterocycles. The third kappa shape index (κ3) is 4.64. The average Bonchev–Trinajstić information content (AvgIpc) is 3.34. The molecule has 0 radical (unpaired) electrons. The highest BCUT2D eigenvalue weighted by Gasteiger charge is 2.36. The highest BCUT2D eigenvalue weighted by molar-refractivity contribution is 7.12. The molecule has 0 unspecified atom stereocenters. The number of piperazine rings is 1. The summed E-state index contributed by atoms with van der Waals surface area (Å²) in [7, 11) is 4.03. The van der Waals surface area contributed by atoms with Crippen LogP contribution in [0, 0.1) is 0 Å². The van der Waals surface area contributed by atoms with E-state index in [0.717, 1.165) is 63.4 Å². The Bertz CT molecular complexity index is 599. The molecule has 26 heavy (non-hydrogen) atoms. The highest BCUT2D eigenvalue weighted by atomic mass is 32.1. The van der Waals surface area contributed by atoms with Crippen LogP contribution in [0.25, 0.3) is 0 Å². The van der Waals surface area contributed by atoms with Crippen LogP contribution < -0.4 is 0 Å². The standard InChI is InChI=1S/C19H30N4O2S/c1-20-11-13-22(14-12-20)9-5-8-21(2)18(24)16-6-3-10-23(16)19(25)17-7-4-15-26-17/h4,7,15-16H,3,5-6,8-14H2,1-2H3/t16-/m0/s1. The van der Waals surface area contributed by atoms with Crippen LogP contribution in [0.3, 0.4) is 0 Å². The van der Waals surface area contributed by atoms with Gasteiger partial charge >= 0.3 is 0 Å². The first kappa shape index (κ1) is 19.3. The van der Waals surface area contributed by atoms with E-state index in [1.54, 1.807) is 4.90 Å². The van der Waals surface area contributed by atoms with Gasteiger partial charge in [-0.2, -0.15) is 0 Å². The van der Waals surface area contributed by atoms with Crippen molar-refractivity contribution in [1.29, 1.82) is 0 Å². The van der Waals surface area contributed by atoms with Crippen molar-refractivity contribution in [1.82, 2.24) is 19.6 Å². The van der Waals surface area contributed by atoms with Gasteiger partial charge in [-0.1, -0.05) is 6.07 Å². The molecule has 1 aromatic heterocycles. The van der Waals surface area contributed by atoms with E-state index in [1.165, 1.54) is 11.3 Å². The molecule has 1 atom stereocenters. The molecule has 0 bridgehead atoms. The van der Waals surface area contributed by atoms with Gasteiger partial charge in [-0.25, -0.2) is 0 Å². The van der Waals surface area contributed by atoms with Gasteiger partial charge in [0.1, 0.15) is 6.04 Å². The quantitative estimate of drug-likeness (QED) is 0.752. The number of nitrogens with zero attached hydrogens (tertiary/aromatic N) is 4. The number of carbonyl (C=O) groups is 2. The van der Waals surface area contributed by atoms with E-state index in [-0.39, 0.29) is 17.9 Å². The maximum atomic E-state index is 12.9. The zero-order valence-corrected chi connectivity index (χ0v) is 16.7. The molecular formula is C19H30N4O2S. The van der Waals surface area contributed by atoms with Gasteiger partial charge in [0.05, 0.1) is 4.88 Å². The molecule has 1 aromatic rings. The molecule has 6 nitrogen and oxygen atoms in total. The Morgan fingerprint density at radius 3 is 2.69 bits per heavy atom. The van der Waals surface area contributed by atoms with Crippen LogP contribution in [0.2, 0.25) is 0 Å². The first-order valence-electron chi connectivity index (χ1n) is 9.56. The van der Waals surface area contributed by atoms with Gasteiger partial charge in [-0.3, -0.25) is 9.59 Å². The van der Waals surface area contributed by atoms with Crippen molar-refractivity contribution in [3.63, 3.8) is 0 Å². The molecule has 2 aliphatic heterocycles. The van der Waals surface area contributed by atoms with Crippen molar-refractivity contribution in [3.05, 3.63) is 22.4 Å². The largest absolute Gasteiger partial charge is 0.344 e. The lowest BCUT2D eigenvalue weighted by Crippen LogP contribution is -2.47. The van der Waals surface area contributed by atoms with Crippen molar-refractivity contribution >= 4 is 23.2 Å². The molecule has 2 saturated heterocycles. The Morgan fingerprint density at radius 1 is 1.23 bits per heavy atom. The average molecular weight is 379 g/mol. The summed E-state index contributed by atoms with van der Waals surface area (Å²) < 4.78 is 0. The molecule has 0 spiro atoms. The molecule has 0 aromatic carbocycles. The van der Waals surface area contributed by atoms with Crippen molar-refractivity contribution in [3.8, 4) is 0 Å². The van der Waals surface area contributed by atoms with Crippen LogP contribution in [0.15, 0.2) is 17.5 Å². The van der Waals surface area contributed by atoms with E-state index < -0.39 is 0 Å². The van der Waals surface area contributed by atoms with Gasteiger partial charge < -0.3 is 19.6 Å². The summed E-state index contributed by atoms with van der Waals surface area (Å²) in [6, 6.07) is 3.43. The summed E-state index contributed by atoms with van der Waals surface area (Å²) in [5.74, 6) is 0.0903. The van der Waals surface area contributed by atoms with Crippen molar-refractivity contribution in [2.24, 2.45) is 0 Å². The van der Waals surface area contributed by atoms with Gasteiger partial charge in [0.25, 0.3) is 5.91 Å². The van der Waals surface area contributed by atoms with E-state index in [1.807, 2.05) is 29.5 Å². The second-order valence-corrected chi connectivity index (χ2v) is 8.34. The first-order chi connectivity index (χ1) is 12.6. The predicted molar refractivity (Wildman–Crippen MR) is 105 cm³/mol. The Labute approximate surface area is 160 Å². The number of likely N-dealkylation sites (N-methyl/N-ethyl adjacent to an activating group) is 2. The van der Waals surface area contributed by atoms with Crippen LogP contribution >= 0.6 is 11.3 Å². The molecule has 0 N–H and O–H groups in total. The fourth-order valence-corrected chi connectivity index (χ4v) is 4.45. The fraction of sp³-hybridized carbons (Fsp3) is 0.684. The van der Waals surface area contributed by atoms with Crippen LogP contribution in [-0.2, 0) is 4.79 Å². The zero-order valence-electron chi connectivity index (χ0n) is 15.9. The van der Waals surface area contributed by atoms with Crippen molar-refractivity contribution < 1.29 is 9.59 Å². The number of rotatable bonds is 6. The van der Waals surface area contributed by atoms with Crippen LogP contribution in [0.1, 0.15) is 28.9 Å². The summed E-state index contributed by atoms with van der Waals surface area (Å²) >= 11 is 1.44. The second-order valence-electron chi connectivity index (χ2n) is 7.39. The third-order valence-corrected chi connectivity index (χ3v) is 6.33. The highest BCUT2D eigenvalue weighted by Crippen LogP contribution is 2.23. The summed E-state index contributed by atoms with van der Waals surface area (Å²) in [4.78, 5) is 34.7. The normalized spacial score (nSPS) is 21.9. The lowest BCUT2D eigenvalue weighted by atomic mass is 10.2. The molecule has 0 aliphatic carbocycles. The number of hydrogen-bond acceptors (Lipinski definition) is 5. The number of carbonyl (C=O) groups excluding carboxylic acids is 2. The Hall–Kier alpha value is -1.44. The number of hydrogen-bond donors (Lipinski definition) is 0. The second kappa shape index (κ2) is 8.97. The van der Waals surface area contributed by atoms with Gasteiger partial charge in [0, 0.05) is 46.3 Å². The monoisotopic (exact) mass is 378 g/mol. The van der Waals surface area contributed by atoms with E-state index in [0.29, 0.717) is 6.54 Å². The molecule has 2 aliphatic rings. The number of amides is 2. The molecule has 2 amide bonds. The van der Waals surface area contributed by atoms with Crippen LogP contribution in [0.5, 0.6) is 0 Å². The fourth-order valence-electron chi connectivity index (χ4n) is 3.78. The third-order valence-electron chi connectivity index (χ3n) is 5.47. The van der Waals surface area contributed by atoms with E-state index >= 15 is 0 Å². The van der Waals surface area contributed by atoms with E-state index in [2.05, 4.69) is 16.8 Å². The topological polar surface area (TPSA) is 47.1 Å². The minimum atomic E-state index is -0.293. The van der Waals surface area contributed by atoms with E-state index in [9.17, 15) is 9.59 Å². The summed E-state index contributed by atoms with van der Waals surface area (Å²) in [5.41, 5.74) is 0. The number of likely N-dealkylation sites (tertiary alicyclic amines) is 1. The summed E-state index contributed by atoms with van der Waals surface area (Å²) in [6.45, 7) is 6.94. The lowest BCUT2D eigenvalue weighted by Gasteiger charge is -2.33. The minimum Gasteiger partial charge on any atom is -0.344 e. The SMILES string of the molecule is CN1CCN(CCCN(C)C(=O)[C@@H]2CCCN2C(=O)c2cccs2)CC1. The minimum absolute atomic E-state index is 0.00156. The van der Waals surface area contributed by atoms with Gasteiger partial charge in [-0.05, 0) is 44.3 Å². The first-order valence-corrected chi connectivity index (χ1v) is 10.4. The van der Waals surface area contributed by atoms with Gasteiger partial charge in [0.2, 0.25) is 5.91 Å². The zero-order chi connectivity index (χ0) is 18.5. The number of thiophene rings is 1. The Balaban J connectivity index is 1.47. The van der Waals surface area contributed by atoms with E-state index in [4.69, 9.17) is 0 Å². The van der Waals surface area contributed by atoms with Crippen LogP contribution in [-0.4, -0.2) is 97.4 Å². The maximum absolute atomic E-state index is 12.9. The maximum Gasteiger partial charge on any atom is 0.264 e. The molecular weight excluding hydrogens is 348 g/mol. The summed E-state index contributed by atoms with van der Waals surface area (Å²) in [5, 5.41) is 1.91. The van der Waals surface area contributed by atoms with Gasteiger partial charge in [-0.15, -0.1) is 11.3 Å².